The van der Waals surface area contributed by atoms with E-state index < -0.39 is 17.5 Å². The van der Waals surface area contributed by atoms with E-state index in [-0.39, 0.29) is 5.54 Å². The summed E-state index contributed by atoms with van der Waals surface area (Å²) in [4.78, 5) is 22.0. The van der Waals surface area contributed by atoms with Gasteiger partial charge in [0.15, 0.2) is 0 Å². The molecule has 0 aromatic carbocycles. The van der Waals surface area contributed by atoms with Crippen molar-refractivity contribution in [3.05, 3.63) is 0 Å². The first-order valence-corrected chi connectivity index (χ1v) is 4.38. The Labute approximate surface area is 83.9 Å². The molecule has 5 nitrogen and oxygen atoms in total. The number of urea groups is 1. The highest BCUT2D eigenvalue weighted by Gasteiger charge is 2.29. The van der Waals surface area contributed by atoms with Crippen LogP contribution < -0.4 is 10.6 Å². The number of nitrogens with one attached hydrogen (secondary N) is 2. The highest BCUT2D eigenvalue weighted by Crippen LogP contribution is 2.03. The van der Waals surface area contributed by atoms with Gasteiger partial charge in [-0.25, -0.2) is 9.59 Å². The molecule has 0 fully saturated rings. The van der Waals surface area contributed by atoms with Gasteiger partial charge in [-0.3, -0.25) is 0 Å². The summed E-state index contributed by atoms with van der Waals surface area (Å²) < 4.78 is 0. The van der Waals surface area contributed by atoms with E-state index in [9.17, 15) is 9.59 Å². The van der Waals surface area contributed by atoms with E-state index >= 15 is 0 Å². The van der Waals surface area contributed by atoms with Gasteiger partial charge in [0, 0.05) is 5.54 Å². The number of carbonyl (C=O) groups is 2. The van der Waals surface area contributed by atoms with Crippen molar-refractivity contribution < 1.29 is 14.7 Å². The fourth-order valence-electron chi connectivity index (χ4n) is 0.709. The fourth-order valence-corrected chi connectivity index (χ4v) is 0.709. The fraction of sp³-hybridized carbons (Fsp3) is 0.778. The van der Waals surface area contributed by atoms with Crippen molar-refractivity contribution in [1.29, 1.82) is 0 Å². The maximum Gasteiger partial charge on any atom is 0.328 e. The first-order chi connectivity index (χ1) is 6.04. The Bertz CT molecular complexity index is 241. The normalized spacial score (nSPS) is 12.1. The summed E-state index contributed by atoms with van der Waals surface area (Å²) in [5, 5.41) is 13.7. The maximum atomic E-state index is 11.3. The van der Waals surface area contributed by atoms with E-state index in [4.69, 9.17) is 5.11 Å². The molecule has 3 N–H and O–H groups in total. The number of carboxylic acid groups (broad SMARTS) is 1. The molecular weight excluding hydrogens is 184 g/mol. The lowest BCUT2D eigenvalue weighted by Gasteiger charge is -2.26. The number of aliphatic carboxylic acids is 1. The quantitative estimate of drug-likeness (QED) is 0.623. The predicted octanol–water partition coefficient (Wildman–Crippen LogP) is 0.947. The smallest absolute Gasteiger partial charge is 0.328 e. The maximum absolute atomic E-state index is 11.3. The molecule has 0 aromatic rings. The van der Waals surface area contributed by atoms with Crippen LogP contribution in [0.4, 0.5) is 4.79 Å². The van der Waals surface area contributed by atoms with Gasteiger partial charge in [0.2, 0.25) is 0 Å². The third-order valence-corrected chi connectivity index (χ3v) is 1.45. The van der Waals surface area contributed by atoms with Gasteiger partial charge in [0.05, 0.1) is 0 Å². The average molecular weight is 202 g/mol. The summed E-state index contributed by atoms with van der Waals surface area (Å²) in [5.74, 6) is -1.07. The second-order valence-corrected chi connectivity index (χ2v) is 4.76. The van der Waals surface area contributed by atoms with Crippen LogP contribution in [0, 0.1) is 0 Å². The molecule has 0 heterocycles. The van der Waals surface area contributed by atoms with E-state index in [0.29, 0.717) is 0 Å². The molecular formula is C9H18N2O3. The molecule has 0 saturated carbocycles. The third-order valence-electron chi connectivity index (χ3n) is 1.45. The molecule has 0 rings (SSSR count). The van der Waals surface area contributed by atoms with Gasteiger partial charge in [-0.05, 0) is 34.6 Å². The first-order valence-electron chi connectivity index (χ1n) is 4.38. The van der Waals surface area contributed by atoms with Gasteiger partial charge in [-0.2, -0.15) is 0 Å². The van der Waals surface area contributed by atoms with E-state index in [2.05, 4.69) is 10.6 Å². The van der Waals surface area contributed by atoms with Crippen molar-refractivity contribution in [2.24, 2.45) is 0 Å². The van der Waals surface area contributed by atoms with Gasteiger partial charge in [-0.15, -0.1) is 0 Å². The number of amides is 2. The van der Waals surface area contributed by atoms with Crippen LogP contribution in [-0.4, -0.2) is 28.2 Å². The molecule has 5 heteroatoms. The minimum atomic E-state index is -1.25. The minimum absolute atomic E-state index is 0.376. The van der Waals surface area contributed by atoms with Crippen molar-refractivity contribution in [3.63, 3.8) is 0 Å². The molecule has 2 amide bonds. The number of hydrogen-bond donors (Lipinski definition) is 3. The van der Waals surface area contributed by atoms with Crippen molar-refractivity contribution in [2.45, 2.75) is 45.7 Å². The zero-order valence-electron chi connectivity index (χ0n) is 9.26. The van der Waals surface area contributed by atoms with Crippen molar-refractivity contribution in [2.75, 3.05) is 0 Å². The van der Waals surface area contributed by atoms with E-state index in [1.807, 2.05) is 20.8 Å². The highest BCUT2D eigenvalue weighted by molar-refractivity contribution is 5.85. The lowest BCUT2D eigenvalue weighted by atomic mass is 10.1. The lowest BCUT2D eigenvalue weighted by molar-refractivity contribution is -0.142. The summed E-state index contributed by atoms with van der Waals surface area (Å²) in [6.07, 6.45) is 0. The molecule has 0 saturated heterocycles. The van der Waals surface area contributed by atoms with Crippen molar-refractivity contribution in [3.8, 4) is 0 Å². The number of rotatable bonds is 2. The van der Waals surface area contributed by atoms with E-state index in [0.717, 1.165) is 0 Å². The van der Waals surface area contributed by atoms with E-state index in [1.165, 1.54) is 13.8 Å². The van der Waals surface area contributed by atoms with Crippen molar-refractivity contribution in [1.82, 2.24) is 10.6 Å². The van der Waals surface area contributed by atoms with Gasteiger partial charge in [-0.1, -0.05) is 0 Å². The third kappa shape index (κ3) is 4.69. The number of carboxylic acids is 1. The largest absolute Gasteiger partial charge is 0.480 e. The second kappa shape index (κ2) is 3.86. The predicted molar refractivity (Wildman–Crippen MR) is 53.1 cm³/mol. The number of carbonyl (C=O) groups excluding carboxylic acids is 1. The Morgan fingerprint density at radius 3 is 1.71 bits per heavy atom. The summed E-state index contributed by atoms with van der Waals surface area (Å²) in [5.41, 5.74) is -1.63. The van der Waals surface area contributed by atoms with Crippen LogP contribution in [0.25, 0.3) is 0 Å². The Kier molecular flexibility index (Phi) is 3.51. The van der Waals surface area contributed by atoms with Gasteiger partial charge < -0.3 is 15.7 Å². The standard InChI is InChI=1S/C9H18N2O3/c1-8(2,3)10-7(14)11-9(4,5)6(12)13/h1-5H3,(H,12,13)(H2,10,11,14). The van der Waals surface area contributed by atoms with Crippen LogP contribution in [0.15, 0.2) is 0 Å². The van der Waals surface area contributed by atoms with Gasteiger partial charge >= 0.3 is 12.0 Å². The Morgan fingerprint density at radius 1 is 1.00 bits per heavy atom. The Hall–Kier alpha value is -1.26. The zero-order valence-corrected chi connectivity index (χ0v) is 9.26. The molecule has 0 aliphatic rings. The average Bonchev–Trinajstić information content (AvgIpc) is 1.79. The zero-order chi connectivity index (χ0) is 11.6. The van der Waals surface area contributed by atoms with Crippen LogP contribution in [0.5, 0.6) is 0 Å². The molecule has 0 bridgehead atoms. The topological polar surface area (TPSA) is 78.4 Å². The Balaban J connectivity index is 4.27. The second-order valence-electron chi connectivity index (χ2n) is 4.76. The van der Waals surface area contributed by atoms with Gasteiger partial charge in [0.25, 0.3) is 0 Å². The highest BCUT2D eigenvalue weighted by atomic mass is 16.4. The van der Waals surface area contributed by atoms with Crippen LogP contribution in [0.2, 0.25) is 0 Å². The SMILES string of the molecule is CC(C)(C)NC(=O)NC(C)(C)C(=O)O. The molecule has 14 heavy (non-hydrogen) atoms. The summed E-state index contributed by atoms with van der Waals surface area (Å²) >= 11 is 0. The van der Waals surface area contributed by atoms with Crippen LogP contribution in [-0.2, 0) is 4.79 Å². The van der Waals surface area contributed by atoms with Crippen LogP contribution in [0.3, 0.4) is 0 Å². The molecule has 0 radical (unpaired) electrons. The molecule has 0 aliphatic carbocycles. The minimum Gasteiger partial charge on any atom is -0.480 e. The summed E-state index contributed by atoms with van der Waals surface area (Å²) in [6, 6.07) is -0.482. The molecule has 0 spiro atoms. The number of hydrogen-bond acceptors (Lipinski definition) is 2. The molecule has 82 valence electrons. The summed E-state index contributed by atoms with van der Waals surface area (Å²) in [6.45, 7) is 8.32. The monoisotopic (exact) mass is 202 g/mol. The van der Waals surface area contributed by atoms with Crippen molar-refractivity contribution >= 4 is 12.0 Å². The Morgan fingerprint density at radius 2 is 1.43 bits per heavy atom. The van der Waals surface area contributed by atoms with E-state index in [1.54, 1.807) is 0 Å². The summed E-state index contributed by atoms with van der Waals surface area (Å²) in [7, 11) is 0. The molecule has 0 aromatic heterocycles. The van der Waals surface area contributed by atoms with Crippen LogP contribution >= 0.6 is 0 Å². The van der Waals surface area contributed by atoms with Crippen LogP contribution in [0.1, 0.15) is 34.6 Å². The molecule has 0 unspecified atom stereocenters. The van der Waals surface area contributed by atoms with Gasteiger partial charge in [0.1, 0.15) is 5.54 Å². The lowest BCUT2D eigenvalue weighted by Crippen LogP contribution is -2.56. The molecule has 0 aliphatic heterocycles. The first kappa shape index (κ1) is 12.7. The molecule has 0 atom stereocenters.